The van der Waals surface area contributed by atoms with E-state index in [-0.39, 0.29) is 0 Å². The summed E-state index contributed by atoms with van der Waals surface area (Å²) in [5.74, 6) is 1.13. The van der Waals surface area contributed by atoms with Gasteiger partial charge in [0, 0.05) is 13.1 Å². The summed E-state index contributed by atoms with van der Waals surface area (Å²) in [6.07, 6.45) is 2.64. The molecule has 2 rings (SSSR count). The van der Waals surface area contributed by atoms with E-state index in [1.807, 2.05) is 21.0 Å². The molecule has 2 heterocycles. The van der Waals surface area contributed by atoms with Crippen LogP contribution in [-0.2, 0) is 0 Å². The zero-order chi connectivity index (χ0) is 13.7. The highest BCUT2D eigenvalue weighted by atomic mass is 16.5. The van der Waals surface area contributed by atoms with Crippen molar-refractivity contribution in [2.75, 3.05) is 39.1 Å². The number of fused-ring (bicyclic) bond motifs is 1. The summed E-state index contributed by atoms with van der Waals surface area (Å²) in [5.41, 5.74) is 0.688. The zero-order valence-electron chi connectivity index (χ0n) is 11.6. The predicted molar refractivity (Wildman–Crippen MR) is 74.5 cm³/mol. The molecule has 0 spiro atoms. The van der Waals surface area contributed by atoms with Gasteiger partial charge in [-0.05, 0) is 27.4 Å². The van der Waals surface area contributed by atoms with Crippen LogP contribution in [0.1, 0.15) is 13.3 Å². The largest absolute Gasteiger partial charge is 0.477 e. The van der Waals surface area contributed by atoms with Crippen LogP contribution < -0.4 is 10.1 Å². The molecule has 0 radical (unpaired) electrons. The van der Waals surface area contributed by atoms with Crippen molar-refractivity contribution in [1.82, 2.24) is 25.1 Å². The lowest BCUT2D eigenvalue weighted by atomic mass is 10.4. The summed E-state index contributed by atoms with van der Waals surface area (Å²) in [5, 5.41) is 10.7. The van der Waals surface area contributed by atoms with Gasteiger partial charge in [-0.1, -0.05) is 0 Å². The highest BCUT2D eigenvalue weighted by Crippen LogP contribution is 2.22. The summed E-state index contributed by atoms with van der Waals surface area (Å²) in [4.78, 5) is 10.8. The number of ether oxygens (including phenoxy) is 1. The monoisotopic (exact) mass is 264 g/mol. The fraction of sp³-hybridized carbons (Fsp3) is 0.583. The number of nitrogens with zero attached hydrogens (tertiary/aromatic N) is 4. The van der Waals surface area contributed by atoms with Crippen molar-refractivity contribution in [3.63, 3.8) is 0 Å². The fourth-order valence-corrected chi connectivity index (χ4v) is 1.71. The smallest absolute Gasteiger partial charge is 0.229 e. The normalized spacial score (nSPS) is 11.2. The first-order valence-electron chi connectivity index (χ1n) is 6.43. The van der Waals surface area contributed by atoms with Crippen LogP contribution in [0.5, 0.6) is 5.88 Å². The number of H-pyrrole nitrogens is 1. The van der Waals surface area contributed by atoms with Crippen LogP contribution in [-0.4, -0.2) is 58.9 Å². The summed E-state index contributed by atoms with van der Waals surface area (Å²) in [6, 6.07) is 0. The van der Waals surface area contributed by atoms with Gasteiger partial charge in [0.05, 0.1) is 12.8 Å². The standard InChI is InChI=1S/C12H20N6O/c1-4-13-12-15-10-9(8-14-17-10)11(16-12)19-7-5-6-18(2)3/h8H,4-7H2,1-3H3,(H2,13,14,15,16,17). The molecule has 0 aromatic carbocycles. The highest BCUT2D eigenvalue weighted by molar-refractivity contribution is 5.80. The third-order valence-electron chi connectivity index (χ3n) is 2.60. The molecule has 0 saturated heterocycles. The highest BCUT2D eigenvalue weighted by Gasteiger charge is 2.10. The number of hydrogen-bond acceptors (Lipinski definition) is 6. The average molecular weight is 264 g/mol. The minimum Gasteiger partial charge on any atom is -0.477 e. The maximum Gasteiger partial charge on any atom is 0.229 e. The molecule has 7 heteroatoms. The summed E-state index contributed by atoms with van der Waals surface area (Å²) in [6.45, 7) is 4.37. The quantitative estimate of drug-likeness (QED) is 0.729. The molecule has 2 N–H and O–H groups in total. The Kier molecular flexibility index (Phi) is 4.51. The van der Waals surface area contributed by atoms with Gasteiger partial charge in [0.25, 0.3) is 0 Å². The fourth-order valence-electron chi connectivity index (χ4n) is 1.71. The third kappa shape index (κ3) is 3.54. The van der Waals surface area contributed by atoms with E-state index in [9.17, 15) is 0 Å². The van der Waals surface area contributed by atoms with Crippen molar-refractivity contribution in [2.24, 2.45) is 0 Å². The molecule has 0 bridgehead atoms. The lowest BCUT2D eigenvalue weighted by molar-refractivity contribution is 0.276. The number of anilines is 1. The van der Waals surface area contributed by atoms with Gasteiger partial charge < -0.3 is 15.0 Å². The number of hydrogen-bond donors (Lipinski definition) is 2. The molecule has 19 heavy (non-hydrogen) atoms. The molecule has 0 atom stereocenters. The van der Waals surface area contributed by atoms with Crippen molar-refractivity contribution in [1.29, 1.82) is 0 Å². The molecular formula is C12H20N6O. The van der Waals surface area contributed by atoms with Gasteiger partial charge >= 0.3 is 0 Å². The lowest BCUT2D eigenvalue weighted by Gasteiger charge is -2.11. The van der Waals surface area contributed by atoms with E-state index < -0.39 is 0 Å². The Bertz CT molecular complexity index is 524. The molecule has 104 valence electrons. The molecule has 0 unspecified atom stereocenters. The molecule has 0 amide bonds. The molecule has 0 aliphatic rings. The van der Waals surface area contributed by atoms with Crippen LogP contribution in [0.25, 0.3) is 11.0 Å². The van der Waals surface area contributed by atoms with Crippen LogP contribution in [0, 0.1) is 0 Å². The number of rotatable bonds is 7. The average Bonchev–Trinajstić information content (AvgIpc) is 2.83. The minimum atomic E-state index is 0.557. The van der Waals surface area contributed by atoms with Crippen molar-refractivity contribution < 1.29 is 4.74 Å². The van der Waals surface area contributed by atoms with E-state index in [0.29, 0.717) is 24.1 Å². The van der Waals surface area contributed by atoms with Gasteiger partial charge in [-0.2, -0.15) is 15.1 Å². The second-order valence-electron chi connectivity index (χ2n) is 4.52. The van der Waals surface area contributed by atoms with Crippen LogP contribution in [0.2, 0.25) is 0 Å². The van der Waals surface area contributed by atoms with Gasteiger partial charge in [-0.25, -0.2) is 0 Å². The molecule has 2 aromatic heterocycles. The molecule has 0 fully saturated rings. The van der Waals surface area contributed by atoms with E-state index in [4.69, 9.17) is 4.74 Å². The first kappa shape index (κ1) is 13.5. The Balaban J connectivity index is 2.09. The molecule has 0 aliphatic carbocycles. The van der Waals surface area contributed by atoms with E-state index in [1.165, 1.54) is 0 Å². The van der Waals surface area contributed by atoms with Crippen LogP contribution in [0.4, 0.5) is 5.95 Å². The molecular weight excluding hydrogens is 244 g/mol. The molecule has 0 aliphatic heterocycles. The van der Waals surface area contributed by atoms with Crippen LogP contribution in [0.3, 0.4) is 0 Å². The maximum absolute atomic E-state index is 5.74. The molecule has 2 aromatic rings. The van der Waals surface area contributed by atoms with E-state index in [2.05, 4.69) is 30.4 Å². The van der Waals surface area contributed by atoms with Crippen molar-refractivity contribution in [2.45, 2.75) is 13.3 Å². The number of aromatic nitrogens is 4. The van der Waals surface area contributed by atoms with E-state index in [1.54, 1.807) is 6.20 Å². The van der Waals surface area contributed by atoms with Gasteiger partial charge in [-0.15, -0.1) is 0 Å². The van der Waals surface area contributed by atoms with Crippen LogP contribution in [0.15, 0.2) is 6.20 Å². The number of nitrogens with one attached hydrogen (secondary N) is 2. The maximum atomic E-state index is 5.74. The Labute approximate surface area is 112 Å². The SMILES string of the molecule is CCNc1nc(OCCCN(C)C)c2cn[nH]c2n1. The Morgan fingerprint density at radius 1 is 1.37 bits per heavy atom. The number of aromatic amines is 1. The Morgan fingerprint density at radius 3 is 2.95 bits per heavy atom. The van der Waals surface area contributed by atoms with Gasteiger partial charge in [0.2, 0.25) is 11.8 Å². The Morgan fingerprint density at radius 2 is 2.21 bits per heavy atom. The summed E-state index contributed by atoms with van der Waals surface area (Å²) in [7, 11) is 4.09. The van der Waals surface area contributed by atoms with Gasteiger partial charge in [-0.3, -0.25) is 5.10 Å². The van der Waals surface area contributed by atoms with Crippen LogP contribution >= 0.6 is 0 Å². The molecule has 7 nitrogen and oxygen atoms in total. The van der Waals surface area contributed by atoms with E-state index >= 15 is 0 Å². The van der Waals surface area contributed by atoms with Crippen molar-refractivity contribution >= 4 is 17.0 Å². The van der Waals surface area contributed by atoms with E-state index in [0.717, 1.165) is 24.9 Å². The summed E-state index contributed by atoms with van der Waals surface area (Å²) >= 11 is 0. The lowest BCUT2D eigenvalue weighted by Crippen LogP contribution is -2.16. The molecule has 0 saturated carbocycles. The minimum absolute atomic E-state index is 0.557. The Hall–Kier alpha value is -1.89. The first-order chi connectivity index (χ1) is 9.20. The second-order valence-corrected chi connectivity index (χ2v) is 4.52. The topological polar surface area (TPSA) is 79.0 Å². The van der Waals surface area contributed by atoms with Gasteiger partial charge in [0.15, 0.2) is 5.65 Å². The first-order valence-corrected chi connectivity index (χ1v) is 6.43. The predicted octanol–water partition coefficient (Wildman–Crippen LogP) is 1.12. The summed E-state index contributed by atoms with van der Waals surface area (Å²) < 4.78 is 5.74. The zero-order valence-corrected chi connectivity index (χ0v) is 11.6. The van der Waals surface area contributed by atoms with Crippen molar-refractivity contribution in [3.05, 3.63) is 6.20 Å². The third-order valence-corrected chi connectivity index (χ3v) is 2.60. The van der Waals surface area contributed by atoms with Gasteiger partial charge in [0.1, 0.15) is 5.39 Å². The van der Waals surface area contributed by atoms with Crippen molar-refractivity contribution in [3.8, 4) is 5.88 Å². The second kappa shape index (κ2) is 6.33.